The molecule has 0 saturated heterocycles. The Labute approximate surface area is 108 Å². The Kier molecular flexibility index (Phi) is 4.13. The van der Waals surface area contributed by atoms with E-state index in [0.29, 0.717) is 0 Å². The average Bonchev–Trinajstić information content (AvgIpc) is 2.14. The monoisotopic (exact) mass is 332 g/mol. The van der Waals surface area contributed by atoms with Crippen LogP contribution < -0.4 is 0 Å². The maximum Gasteiger partial charge on any atom is 0.156 e. The summed E-state index contributed by atoms with van der Waals surface area (Å²) in [5.41, 5.74) is 0.667. The van der Waals surface area contributed by atoms with Crippen molar-refractivity contribution in [2.75, 3.05) is 0 Å². The van der Waals surface area contributed by atoms with Crippen molar-refractivity contribution < 1.29 is 4.79 Å². The molecule has 1 aromatic rings. The van der Waals surface area contributed by atoms with Gasteiger partial charge in [-0.15, -0.1) is 0 Å². The zero-order valence-corrected chi connectivity index (χ0v) is 12.2. The number of hydrogen-bond donors (Lipinski definition) is 0. The van der Waals surface area contributed by atoms with Crippen LogP contribution in [-0.4, -0.2) is 5.78 Å². The molecule has 1 rings (SSSR count). The van der Waals surface area contributed by atoms with Gasteiger partial charge >= 0.3 is 0 Å². The van der Waals surface area contributed by atoms with E-state index in [1.807, 2.05) is 45.0 Å². The van der Waals surface area contributed by atoms with Crippen LogP contribution in [0.3, 0.4) is 0 Å². The molecule has 0 amide bonds. The molecule has 1 nitrogen and oxygen atoms in total. The summed E-state index contributed by atoms with van der Waals surface area (Å²) in [5, 5.41) is 0. The summed E-state index contributed by atoms with van der Waals surface area (Å²) >= 11 is 6.85. The van der Waals surface area contributed by atoms with Crippen molar-refractivity contribution in [3.63, 3.8) is 0 Å². The zero-order valence-electron chi connectivity index (χ0n) is 9.05. The molecule has 0 heterocycles. The number of benzene rings is 1. The van der Waals surface area contributed by atoms with Gasteiger partial charge in [0.05, 0.1) is 4.83 Å². The second kappa shape index (κ2) is 4.79. The quantitative estimate of drug-likeness (QED) is 0.728. The van der Waals surface area contributed by atoms with E-state index in [0.717, 1.165) is 10.0 Å². The van der Waals surface area contributed by atoms with Gasteiger partial charge in [-0.2, -0.15) is 0 Å². The maximum atomic E-state index is 12.0. The van der Waals surface area contributed by atoms with Gasteiger partial charge in [-0.05, 0) is 17.7 Å². The van der Waals surface area contributed by atoms with Crippen molar-refractivity contribution in [1.82, 2.24) is 0 Å². The lowest BCUT2D eigenvalue weighted by molar-refractivity contribution is -0.125. The highest BCUT2D eigenvalue weighted by Crippen LogP contribution is 2.32. The molecule has 3 heteroatoms. The highest BCUT2D eigenvalue weighted by molar-refractivity contribution is 9.10. The number of carbonyl (C=O) groups is 1. The van der Waals surface area contributed by atoms with Crippen LogP contribution in [0.4, 0.5) is 0 Å². The molecule has 1 atom stereocenters. The highest BCUT2D eigenvalue weighted by atomic mass is 79.9. The van der Waals surface area contributed by atoms with E-state index in [9.17, 15) is 4.79 Å². The van der Waals surface area contributed by atoms with Crippen LogP contribution >= 0.6 is 31.9 Å². The number of alkyl halides is 1. The van der Waals surface area contributed by atoms with Crippen LogP contribution in [0.1, 0.15) is 31.2 Å². The lowest BCUT2D eigenvalue weighted by Crippen LogP contribution is -2.23. The van der Waals surface area contributed by atoms with Gasteiger partial charge in [-0.25, -0.2) is 0 Å². The molecule has 0 aliphatic rings. The lowest BCUT2D eigenvalue weighted by atomic mass is 9.87. The first kappa shape index (κ1) is 12.9. The maximum absolute atomic E-state index is 12.0. The number of ketones is 1. The summed E-state index contributed by atoms with van der Waals surface area (Å²) in [5.74, 6) is 0.195. The molecule has 0 saturated carbocycles. The Morgan fingerprint density at radius 1 is 1.33 bits per heavy atom. The molecule has 15 heavy (non-hydrogen) atoms. The van der Waals surface area contributed by atoms with Gasteiger partial charge in [0.1, 0.15) is 0 Å². The Morgan fingerprint density at radius 3 is 2.40 bits per heavy atom. The van der Waals surface area contributed by atoms with E-state index >= 15 is 0 Å². The third-order valence-electron chi connectivity index (χ3n) is 2.11. The number of hydrogen-bond acceptors (Lipinski definition) is 1. The Morgan fingerprint density at radius 2 is 1.93 bits per heavy atom. The molecule has 0 aliphatic carbocycles. The zero-order chi connectivity index (χ0) is 11.6. The SMILES string of the molecule is CC(C)(C)C(=O)C(Br)c1cccc(Br)c1. The van der Waals surface area contributed by atoms with Crippen LogP contribution in [-0.2, 0) is 4.79 Å². The summed E-state index contributed by atoms with van der Waals surface area (Å²) in [4.78, 5) is 11.8. The van der Waals surface area contributed by atoms with E-state index in [1.165, 1.54) is 0 Å². The van der Waals surface area contributed by atoms with Crippen molar-refractivity contribution >= 4 is 37.6 Å². The second-order valence-corrected chi connectivity index (χ2v) is 6.36. The predicted octanol–water partition coefficient (Wildman–Crippen LogP) is 4.50. The first-order valence-corrected chi connectivity index (χ1v) is 6.47. The Hall–Kier alpha value is -0.150. The molecule has 82 valence electrons. The van der Waals surface area contributed by atoms with E-state index in [4.69, 9.17) is 0 Å². The van der Waals surface area contributed by atoms with Crippen molar-refractivity contribution in [3.8, 4) is 0 Å². The largest absolute Gasteiger partial charge is 0.297 e. The summed E-state index contributed by atoms with van der Waals surface area (Å²) in [6, 6.07) is 7.80. The molecule has 1 unspecified atom stereocenters. The van der Waals surface area contributed by atoms with Crippen LogP contribution in [0.2, 0.25) is 0 Å². The van der Waals surface area contributed by atoms with Crippen LogP contribution in [0, 0.1) is 5.41 Å². The van der Waals surface area contributed by atoms with Crippen molar-refractivity contribution in [3.05, 3.63) is 34.3 Å². The van der Waals surface area contributed by atoms with Gasteiger partial charge in [0, 0.05) is 9.89 Å². The number of Topliss-reactive ketones (excluding diaryl/α,β-unsaturated/α-hetero) is 1. The standard InChI is InChI=1S/C12H14Br2O/c1-12(2,3)11(15)10(14)8-5-4-6-9(13)7-8/h4-7,10H,1-3H3. The summed E-state index contributed by atoms with van der Waals surface area (Å²) < 4.78 is 0.992. The smallest absolute Gasteiger partial charge is 0.156 e. The number of carbonyl (C=O) groups excluding carboxylic acids is 1. The number of rotatable bonds is 2. The minimum Gasteiger partial charge on any atom is -0.297 e. The Bertz CT molecular complexity index is 366. The minimum absolute atomic E-state index is 0.195. The summed E-state index contributed by atoms with van der Waals surface area (Å²) in [6.07, 6.45) is 0. The van der Waals surface area contributed by atoms with E-state index in [-0.39, 0.29) is 16.0 Å². The molecule has 0 fully saturated rings. The van der Waals surface area contributed by atoms with Crippen molar-refractivity contribution in [2.24, 2.45) is 5.41 Å². The molecule has 0 aromatic heterocycles. The second-order valence-electron chi connectivity index (χ2n) is 4.53. The van der Waals surface area contributed by atoms with Crippen LogP contribution in [0.25, 0.3) is 0 Å². The third-order valence-corrected chi connectivity index (χ3v) is 3.55. The molecule has 1 aromatic carbocycles. The van der Waals surface area contributed by atoms with Crippen LogP contribution in [0.5, 0.6) is 0 Å². The van der Waals surface area contributed by atoms with E-state index in [1.54, 1.807) is 0 Å². The van der Waals surface area contributed by atoms with Crippen molar-refractivity contribution in [1.29, 1.82) is 0 Å². The van der Waals surface area contributed by atoms with E-state index < -0.39 is 0 Å². The highest BCUT2D eigenvalue weighted by Gasteiger charge is 2.28. The number of halogens is 2. The average molecular weight is 334 g/mol. The van der Waals surface area contributed by atoms with Gasteiger partial charge in [0.15, 0.2) is 5.78 Å². The molecule has 0 N–H and O–H groups in total. The molecule has 0 aliphatic heterocycles. The molecule has 0 spiro atoms. The first-order chi connectivity index (χ1) is 6.82. The summed E-state index contributed by atoms with van der Waals surface area (Å²) in [7, 11) is 0. The lowest BCUT2D eigenvalue weighted by Gasteiger charge is -2.21. The Balaban J connectivity index is 2.95. The fourth-order valence-corrected chi connectivity index (χ4v) is 2.58. The minimum atomic E-state index is -0.323. The summed E-state index contributed by atoms with van der Waals surface area (Å²) in [6.45, 7) is 5.80. The fraction of sp³-hybridized carbons (Fsp3) is 0.417. The van der Waals surface area contributed by atoms with Gasteiger partial charge in [-0.1, -0.05) is 64.8 Å². The van der Waals surface area contributed by atoms with Gasteiger partial charge in [0.2, 0.25) is 0 Å². The topological polar surface area (TPSA) is 17.1 Å². The van der Waals surface area contributed by atoms with Gasteiger partial charge in [-0.3, -0.25) is 4.79 Å². The molecular weight excluding hydrogens is 320 g/mol. The van der Waals surface area contributed by atoms with Gasteiger partial charge < -0.3 is 0 Å². The molecule has 0 radical (unpaired) electrons. The normalized spacial score (nSPS) is 13.7. The van der Waals surface area contributed by atoms with E-state index in [2.05, 4.69) is 31.9 Å². The van der Waals surface area contributed by atoms with Gasteiger partial charge in [0.25, 0.3) is 0 Å². The first-order valence-electron chi connectivity index (χ1n) is 4.76. The predicted molar refractivity (Wildman–Crippen MR) is 70.3 cm³/mol. The molecular formula is C12H14Br2O. The third kappa shape index (κ3) is 3.42. The van der Waals surface area contributed by atoms with Crippen LogP contribution in [0.15, 0.2) is 28.7 Å². The van der Waals surface area contributed by atoms with Crippen molar-refractivity contribution in [2.45, 2.75) is 25.6 Å². The fourth-order valence-electron chi connectivity index (χ4n) is 1.20. The molecule has 0 bridgehead atoms.